The van der Waals surface area contributed by atoms with E-state index < -0.39 is 15.9 Å². The summed E-state index contributed by atoms with van der Waals surface area (Å²) in [5, 5.41) is 3.91. The third-order valence-electron chi connectivity index (χ3n) is 4.72. The monoisotopic (exact) mass is 545 g/mol. The Balaban J connectivity index is 1.56. The number of ether oxygens (including phenoxy) is 2. The lowest BCUT2D eigenvalue weighted by Gasteiger charge is -2.16. The molecule has 0 atom stereocenters. The van der Waals surface area contributed by atoms with Crippen LogP contribution in [0.2, 0.25) is 0 Å². The minimum Gasteiger partial charge on any atom is -0.493 e. The van der Waals surface area contributed by atoms with Crippen LogP contribution in [0.5, 0.6) is 11.5 Å². The van der Waals surface area contributed by atoms with E-state index in [4.69, 9.17) is 9.47 Å². The van der Waals surface area contributed by atoms with E-state index in [9.17, 15) is 13.2 Å². The van der Waals surface area contributed by atoms with E-state index in [2.05, 4.69) is 26.5 Å². The number of hydrogen-bond donors (Lipinski definition) is 1. The van der Waals surface area contributed by atoms with Gasteiger partial charge in [-0.3, -0.25) is 4.79 Å². The number of sulfonamides is 1. The summed E-state index contributed by atoms with van der Waals surface area (Å²) < 4.78 is 38.1. The highest BCUT2D eigenvalue weighted by Gasteiger charge is 2.22. The normalized spacial score (nSPS) is 11.5. The van der Waals surface area contributed by atoms with Crippen molar-refractivity contribution in [2.24, 2.45) is 5.10 Å². The third kappa shape index (κ3) is 6.89. The number of methoxy groups -OCH3 is 1. The summed E-state index contributed by atoms with van der Waals surface area (Å²) in [5.74, 6) is 0.521. The van der Waals surface area contributed by atoms with Crippen LogP contribution in [0.15, 0.2) is 87.3 Å². The number of carbonyl (C=O) groups excluding carboxylic acids is 1. The molecule has 0 fully saturated rings. The number of halogens is 1. The van der Waals surface area contributed by atoms with Crippen molar-refractivity contribution in [1.82, 2.24) is 9.73 Å². The maximum absolute atomic E-state index is 12.6. The Kier molecular flexibility index (Phi) is 8.80. The van der Waals surface area contributed by atoms with Gasteiger partial charge in [-0.25, -0.2) is 13.8 Å². The van der Waals surface area contributed by atoms with Crippen molar-refractivity contribution in [3.63, 3.8) is 0 Å². The summed E-state index contributed by atoms with van der Waals surface area (Å²) in [4.78, 5) is 12.3. The van der Waals surface area contributed by atoms with Crippen LogP contribution in [0.4, 0.5) is 0 Å². The van der Waals surface area contributed by atoms with Crippen molar-refractivity contribution in [1.29, 1.82) is 0 Å². The van der Waals surface area contributed by atoms with Gasteiger partial charge in [0.15, 0.2) is 11.5 Å². The Morgan fingerprint density at radius 3 is 2.44 bits per heavy atom. The third-order valence-corrected chi connectivity index (χ3v) is 7.06. The lowest BCUT2D eigenvalue weighted by atomic mass is 10.2. The molecule has 1 amide bonds. The second-order valence-corrected chi connectivity index (χ2v) is 10.2. The second kappa shape index (κ2) is 11.8. The first-order valence-corrected chi connectivity index (χ1v) is 12.4. The molecule has 0 spiro atoms. The highest BCUT2D eigenvalue weighted by molar-refractivity contribution is 9.10. The van der Waals surface area contributed by atoms with E-state index >= 15 is 0 Å². The molecule has 0 aromatic heterocycles. The first kappa shape index (κ1) is 25.4. The van der Waals surface area contributed by atoms with Crippen molar-refractivity contribution in [2.45, 2.75) is 11.5 Å². The van der Waals surface area contributed by atoms with E-state index in [1.807, 2.05) is 30.3 Å². The number of hydrazone groups is 1. The number of hydrogen-bond acceptors (Lipinski definition) is 6. The highest BCUT2D eigenvalue weighted by atomic mass is 79.9. The SMILES string of the molecule is COc1cc(/C=N\NC(=O)CN(C)S(=O)(=O)c2ccc(Br)cc2)ccc1OCc1ccccc1. The molecule has 0 saturated carbocycles. The quantitative estimate of drug-likeness (QED) is 0.308. The van der Waals surface area contributed by atoms with Crippen LogP contribution >= 0.6 is 15.9 Å². The number of carbonyl (C=O) groups is 1. The predicted octanol–water partition coefficient (Wildman–Crippen LogP) is 3.81. The number of nitrogens with zero attached hydrogens (tertiary/aromatic N) is 2. The molecule has 0 aliphatic heterocycles. The van der Waals surface area contributed by atoms with E-state index in [0.29, 0.717) is 23.7 Å². The molecule has 0 radical (unpaired) electrons. The molecule has 0 unspecified atom stereocenters. The number of rotatable bonds is 10. The van der Waals surface area contributed by atoms with Crippen LogP contribution < -0.4 is 14.9 Å². The fraction of sp³-hybridized carbons (Fsp3) is 0.167. The van der Waals surface area contributed by atoms with Gasteiger partial charge in [-0.15, -0.1) is 0 Å². The number of amides is 1. The molecule has 3 aromatic carbocycles. The minimum absolute atomic E-state index is 0.0937. The van der Waals surface area contributed by atoms with Gasteiger partial charge in [-0.1, -0.05) is 46.3 Å². The fourth-order valence-corrected chi connectivity index (χ4v) is 4.30. The van der Waals surface area contributed by atoms with Crippen LogP contribution in [0.1, 0.15) is 11.1 Å². The molecular formula is C24H24BrN3O5S. The van der Waals surface area contributed by atoms with Crippen LogP contribution in [0, 0.1) is 0 Å². The molecule has 0 aliphatic carbocycles. The minimum atomic E-state index is -3.80. The van der Waals surface area contributed by atoms with Crippen molar-refractivity contribution in [3.05, 3.63) is 88.4 Å². The van der Waals surface area contributed by atoms with Crippen molar-refractivity contribution in [3.8, 4) is 11.5 Å². The molecule has 8 nitrogen and oxygen atoms in total. The van der Waals surface area contributed by atoms with Gasteiger partial charge in [0, 0.05) is 11.5 Å². The van der Waals surface area contributed by atoms with Gasteiger partial charge in [0.05, 0.1) is 24.8 Å². The summed E-state index contributed by atoms with van der Waals surface area (Å²) in [5.41, 5.74) is 4.04. The molecule has 0 heterocycles. The molecule has 0 saturated heterocycles. The van der Waals surface area contributed by atoms with E-state index in [-0.39, 0.29) is 11.4 Å². The largest absolute Gasteiger partial charge is 0.493 e. The number of benzene rings is 3. The molecule has 1 N–H and O–H groups in total. The fourth-order valence-electron chi connectivity index (χ4n) is 2.91. The average Bonchev–Trinajstić information content (AvgIpc) is 2.84. The van der Waals surface area contributed by atoms with Crippen LogP contribution in [-0.4, -0.2) is 45.5 Å². The van der Waals surface area contributed by atoms with Gasteiger partial charge >= 0.3 is 0 Å². The van der Waals surface area contributed by atoms with Crippen molar-refractivity contribution >= 4 is 38.1 Å². The van der Waals surface area contributed by atoms with E-state index in [1.165, 1.54) is 32.5 Å². The Morgan fingerprint density at radius 2 is 1.76 bits per heavy atom. The van der Waals surface area contributed by atoms with Crippen molar-refractivity contribution in [2.75, 3.05) is 20.7 Å². The van der Waals surface area contributed by atoms with Crippen LogP contribution in [-0.2, 0) is 21.4 Å². The molecule has 178 valence electrons. The molecule has 3 rings (SSSR count). The van der Waals surface area contributed by atoms with E-state index in [0.717, 1.165) is 14.3 Å². The van der Waals surface area contributed by atoms with Crippen LogP contribution in [0.25, 0.3) is 0 Å². The summed E-state index contributed by atoms with van der Waals surface area (Å²) in [6.07, 6.45) is 1.44. The second-order valence-electron chi connectivity index (χ2n) is 7.19. The molecule has 0 bridgehead atoms. The zero-order valence-electron chi connectivity index (χ0n) is 18.6. The summed E-state index contributed by atoms with van der Waals surface area (Å²) >= 11 is 3.26. The Hall–Kier alpha value is -3.21. The van der Waals surface area contributed by atoms with Gasteiger partial charge in [-0.05, 0) is 53.6 Å². The Bertz CT molecular complexity index is 1250. The highest BCUT2D eigenvalue weighted by Crippen LogP contribution is 2.28. The lowest BCUT2D eigenvalue weighted by Crippen LogP contribution is -2.36. The topological polar surface area (TPSA) is 97.3 Å². The molecular weight excluding hydrogens is 522 g/mol. The smallest absolute Gasteiger partial charge is 0.255 e. The number of likely N-dealkylation sites (N-methyl/N-ethyl adjacent to an activating group) is 1. The Morgan fingerprint density at radius 1 is 1.06 bits per heavy atom. The van der Waals surface area contributed by atoms with Gasteiger partial charge in [0.1, 0.15) is 6.61 Å². The standard InChI is InChI=1S/C24H24BrN3O5S/c1-28(34(30,31)21-11-9-20(25)10-12-21)16-24(29)27-26-15-19-8-13-22(23(14-19)32-2)33-17-18-6-4-3-5-7-18/h3-15H,16-17H2,1-2H3,(H,27,29)/b26-15-. The van der Waals surface area contributed by atoms with Gasteiger partial charge in [0.25, 0.3) is 5.91 Å². The zero-order chi connectivity index (χ0) is 24.6. The van der Waals surface area contributed by atoms with Gasteiger partial charge in [-0.2, -0.15) is 9.41 Å². The molecule has 34 heavy (non-hydrogen) atoms. The van der Waals surface area contributed by atoms with Gasteiger partial charge in [0.2, 0.25) is 10.0 Å². The average molecular weight is 546 g/mol. The molecule has 3 aromatic rings. The molecule has 0 aliphatic rings. The first-order chi connectivity index (χ1) is 16.3. The number of nitrogens with one attached hydrogen (secondary N) is 1. The van der Waals surface area contributed by atoms with Crippen molar-refractivity contribution < 1.29 is 22.7 Å². The predicted molar refractivity (Wildman–Crippen MR) is 133 cm³/mol. The first-order valence-electron chi connectivity index (χ1n) is 10.2. The Labute approximate surface area is 207 Å². The maximum atomic E-state index is 12.6. The van der Waals surface area contributed by atoms with Gasteiger partial charge < -0.3 is 9.47 Å². The lowest BCUT2D eigenvalue weighted by molar-refractivity contribution is -0.121. The summed E-state index contributed by atoms with van der Waals surface area (Å²) in [6.45, 7) is 0.0166. The maximum Gasteiger partial charge on any atom is 0.255 e. The van der Waals surface area contributed by atoms with Crippen LogP contribution in [0.3, 0.4) is 0 Å². The summed E-state index contributed by atoms with van der Waals surface area (Å²) in [6, 6.07) is 21.2. The zero-order valence-corrected chi connectivity index (χ0v) is 21.0. The molecule has 10 heteroatoms. The van der Waals surface area contributed by atoms with E-state index in [1.54, 1.807) is 30.3 Å². The summed E-state index contributed by atoms with van der Waals surface area (Å²) in [7, 11) is -0.928.